The number of carbonyl (C=O) groups is 1. The lowest BCUT2D eigenvalue weighted by molar-refractivity contribution is -0.140. The molecule has 2 aliphatic rings. The molecule has 0 saturated carbocycles. The molecule has 1 N–H and O–H groups in total. The van der Waals surface area contributed by atoms with Gasteiger partial charge in [0.1, 0.15) is 5.82 Å². The van der Waals surface area contributed by atoms with Crippen LogP contribution in [0.4, 0.5) is 17.6 Å². The van der Waals surface area contributed by atoms with Gasteiger partial charge in [-0.2, -0.15) is 13.2 Å². The molecule has 0 bridgehead atoms. The first kappa shape index (κ1) is 16.2. The van der Waals surface area contributed by atoms with Crippen LogP contribution in [-0.4, -0.2) is 37.0 Å². The Morgan fingerprint density at radius 1 is 1.17 bits per heavy atom. The molecule has 2 fully saturated rings. The molecule has 0 unspecified atom stereocenters. The Morgan fingerprint density at radius 3 is 2.52 bits per heavy atom. The zero-order valence-corrected chi connectivity index (χ0v) is 12.5. The van der Waals surface area contributed by atoms with E-state index in [1.165, 1.54) is 0 Å². The fourth-order valence-corrected chi connectivity index (χ4v) is 3.53. The van der Waals surface area contributed by atoms with Gasteiger partial charge in [-0.05, 0) is 56.0 Å². The summed E-state index contributed by atoms with van der Waals surface area (Å²) in [4.78, 5) is 14.1. The average Bonchev–Trinajstić information content (AvgIpc) is 2.90. The molecule has 0 aromatic heterocycles. The zero-order chi connectivity index (χ0) is 16.7. The SMILES string of the molecule is O=C(c1ccc(F)c(C(F)(F)F)c1)N1CCC2(CCNCC2)C1. The summed E-state index contributed by atoms with van der Waals surface area (Å²) in [6, 6.07) is 2.46. The first-order valence-electron chi connectivity index (χ1n) is 7.68. The van der Waals surface area contributed by atoms with Crippen molar-refractivity contribution in [2.24, 2.45) is 5.41 Å². The number of hydrogen-bond donors (Lipinski definition) is 1. The molecule has 2 saturated heterocycles. The van der Waals surface area contributed by atoms with Crippen LogP contribution in [0, 0.1) is 11.2 Å². The van der Waals surface area contributed by atoms with Gasteiger partial charge in [0.2, 0.25) is 0 Å². The van der Waals surface area contributed by atoms with E-state index in [0.29, 0.717) is 25.2 Å². The number of benzene rings is 1. The van der Waals surface area contributed by atoms with Crippen molar-refractivity contribution in [3.05, 3.63) is 35.1 Å². The lowest BCUT2D eigenvalue weighted by atomic mass is 9.78. The molecular formula is C16H18F4N2O. The second-order valence-corrected chi connectivity index (χ2v) is 6.42. The van der Waals surface area contributed by atoms with Gasteiger partial charge < -0.3 is 10.2 Å². The fourth-order valence-electron chi connectivity index (χ4n) is 3.53. The van der Waals surface area contributed by atoms with Crippen molar-refractivity contribution in [3.63, 3.8) is 0 Å². The third-order valence-corrected chi connectivity index (χ3v) is 4.91. The summed E-state index contributed by atoms with van der Waals surface area (Å²) >= 11 is 0. The molecule has 3 nitrogen and oxygen atoms in total. The number of hydrogen-bond acceptors (Lipinski definition) is 2. The Morgan fingerprint density at radius 2 is 1.87 bits per heavy atom. The van der Waals surface area contributed by atoms with E-state index < -0.39 is 23.5 Å². The van der Waals surface area contributed by atoms with Crippen LogP contribution in [0.25, 0.3) is 0 Å². The van der Waals surface area contributed by atoms with Crippen LogP contribution in [0.2, 0.25) is 0 Å². The minimum absolute atomic E-state index is 0.0772. The third kappa shape index (κ3) is 3.20. The van der Waals surface area contributed by atoms with Crippen LogP contribution in [0.3, 0.4) is 0 Å². The van der Waals surface area contributed by atoms with Gasteiger partial charge in [0.05, 0.1) is 5.56 Å². The maximum atomic E-state index is 13.3. The highest BCUT2D eigenvalue weighted by molar-refractivity contribution is 5.94. The van der Waals surface area contributed by atoms with Crippen molar-refractivity contribution in [2.45, 2.75) is 25.4 Å². The maximum Gasteiger partial charge on any atom is 0.419 e. The molecule has 126 valence electrons. The van der Waals surface area contributed by atoms with E-state index in [-0.39, 0.29) is 11.0 Å². The molecule has 1 amide bonds. The third-order valence-electron chi connectivity index (χ3n) is 4.91. The van der Waals surface area contributed by atoms with E-state index in [9.17, 15) is 22.4 Å². The summed E-state index contributed by atoms with van der Waals surface area (Å²) in [7, 11) is 0. The van der Waals surface area contributed by atoms with Gasteiger partial charge in [0.25, 0.3) is 5.91 Å². The van der Waals surface area contributed by atoms with Crippen molar-refractivity contribution in [2.75, 3.05) is 26.2 Å². The summed E-state index contributed by atoms with van der Waals surface area (Å²) in [5, 5.41) is 3.27. The molecule has 0 aliphatic carbocycles. The standard InChI is InChI=1S/C16H18F4N2O/c17-13-2-1-11(9-12(13)16(18,19)20)14(23)22-8-5-15(10-22)3-6-21-7-4-15/h1-2,9,21H,3-8,10H2. The van der Waals surface area contributed by atoms with Crippen molar-refractivity contribution in [1.82, 2.24) is 10.2 Å². The normalized spacial score (nSPS) is 21.0. The van der Waals surface area contributed by atoms with Crippen LogP contribution < -0.4 is 5.32 Å². The van der Waals surface area contributed by atoms with Gasteiger partial charge in [-0.25, -0.2) is 4.39 Å². The second-order valence-electron chi connectivity index (χ2n) is 6.42. The lowest BCUT2D eigenvalue weighted by Crippen LogP contribution is -2.39. The largest absolute Gasteiger partial charge is 0.419 e. The van der Waals surface area contributed by atoms with Gasteiger partial charge in [-0.1, -0.05) is 0 Å². The van der Waals surface area contributed by atoms with Crippen molar-refractivity contribution in [3.8, 4) is 0 Å². The van der Waals surface area contributed by atoms with Crippen LogP contribution in [0.5, 0.6) is 0 Å². The molecule has 1 aromatic carbocycles. The van der Waals surface area contributed by atoms with Crippen molar-refractivity contribution >= 4 is 5.91 Å². The maximum absolute atomic E-state index is 13.3. The highest BCUT2D eigenvalue weighted by Crippen LogP contribution is 2.39. The van der Waals surface area contributed by atoms with Crippen LogP contribution in [0.1, 0.15) is 35.2 Å². The van der Waals surface area contributed by atoms with Crippen molar-refractivity contribution in [1.29, 1.82) is 0 Å². The first-order valence-corrected chi connectivity index (χ1v) is 7.68. The minimum Gasteiger partial charge on any atom is -0.338 e. The molecule has 0 radical (unpaired) electrons. The van der Waals surface area contributed by atoms with Crippen LogP contribution in [-0.2, 0) is 6.18 Å². The van der Waals surface area contributed by atoms with Gasteiger partial charge in [0.15, 0.2) is 0 Å². The zero-order valence-electron chi connectivity index (χ0n) is 12.5. The fraction of sp³-hybridized carbons (Fsp3) is 0.562. The van der Waals surface area contributed by atoms with E-state index in [1.54, 1.807) is 4.90 Å². The summed E-state index contributed by atoms with van der Waals surface area (Å²) in [6.07, 6.45) is -2.00. The molecule has 0 atom stereocenters. The Kier molecular flexibility index (Phi) is 4.08. The molecule has 2 heterocycles. The van der Waals surface area contributed by atoms with Crippen LogP contribution >= 0.6 is 0 Å². The summed E-state index contributed by atoms with van der Waals surface area (Å²) in [6.45, 7) is 2.90. The number of rotatable bonds is 1. The second kappa shape index (κ2) is 5.78. The number of nitrogens with one attached hydrogen (secondary N) is 1. The lowest BCUT2D eigenvalue weighted by Gasteiger charge is -2.33. The highest BCUT2D eigenvalue weighted by atomic mass is 19.4. The van der Waals surface area contributed by atoms with E-state index in [1.807, 2.05) is 0 Å². The highest BCUT2D eigenvalue weighted by Gasteiger charge is 2.41. The summed E-state index contributed by atoms with van der Waals surface area (Å²) < 4.78 is 51.7. The van der Waals surface area contributed by atoms with Gasteiger partial charge in [-0.3, -0.25) is 4.79 Å². The average molecular weight is 330 g/mol. The molecular weight excluding hydrogens is 312 g/mol. The number of halogens is 4. The van der Waals surface area contributed by atoms with Gasteiger partial charge in [0, 0.05) is 18.7 Å². The number of piperidine rings is 1. The molecule has 1 spiro atoms. The van der Waals surface area contributed by atoms with E-state index >= 15 is 0 Å². The predicted octanol–water partition coefficient (Wildman–Crippen LogP) is 3.06. The Balaban J connectivity index is 1.79. The Bertz CT molecular complexity index is 609. The molecule has 7 heteroatoms. The topological polar surface area (TPSA) is 32.3 Å². The molecule has 1 aromatic rings. The first-order chi connectivity index (χ1) is 10.8. The summed E-state index contributed by atoms with van der Waals surface area (Å²) in [5.74, 6) is -1.81. The number of nitrogens with zero attached hydrogens (tertiary/aromatic N) is 1. The van der Waals surface area contributed by atoms with E-state index in [0.717, 1.165) is 38.4 Å². The molecule has 23 heavy (non-hydrogen) atoms. The quantitative estimate of drug-likeness (QED) is 0.803. The van der Waals surface area contributed by atoms with Crippen molar-refractivity contribution < 1.29 is 22.4 Å². The van der Waals surface area contributed by atoms with Gasteiger partial charge >= 0.3 is 6.18 Å². The monoisotopic (exact) mass is 330 g/mol. The Labute approximate surface area is 131 Å². The predicted molar refractivity (Wildman–Crippen MR) is 76.5 cm³/mol. The van der Waals surface area contributed by atoms with E-state index in [2.05, 4.69) is 5.32 Å². The number of carbonyl (C=O) groups excluding carboxylic acids is 1. The van der Waals surface area contributed by atoms with E-state index in [4.69, 9.17) is 0 Å². The molecule has 3 rings (SSSR count). The van der Waals surface area contributed by atoms with Crippen LogP contribution in [0.15, 0.2) is 18.2 Å². The molecule has 2 aliphatic heterocycles. The number of alkyl halides is 3. The minimum atomic E-state index is -4.80. The summed E-state index contributed by atoms with van der Waals surface area (Å²) in [5.41, 5.74) is -1.42. The van der Waals surface area contributed by atoms with Gasteiger partial charge in [-0.15, -0.1) is 0 Å². The Hall–Kier alpha value is -1.63. The number of amides is 1. The smallest absolute Gasteiger partial charge is 0.338 e. The number of likely N-dealkylation sites (tertiary alicyclic amines) is 1.